The SMILES string of the molecule is O=C=C1C[C@@H]2CC[C@H]1C2. The van der Waals surface area contributed by atoms with Crippen LogP contribution in [0.15, 0.2) is 5.57 Å². The molecule has 2 rings (SSSR count). The second-order valence-electron chi connectivity index (χ2n) is 3.21. The first-order valence-corrected chi connectivity index (χ1v) is 3.64. The summed E-state index contributed by atoms with van der Waals surface area (Å²) in [5.74, 6) is 3.56. The molecule has 9 heavy (non-hydrogen) atoms. The Kier molecular flexibility index (Phi) is 1.000. The molecule has 0 amide bonds. The number of allylic oxidation sites excluding steroid dienone is 1. The lowest BCUT2D eigenvalue weighted by Gasteiger charge is -2.07. The molecule has 0 heterocycles. The van der Waals surface area contributed by atoms with E-state index in [-0.39, 0.29) is 0 Å². The van der Waals surface area contributed by atoms with Gasteiger partial charge in [0.1, 0.15) is 5.94 Å². The average Bonchev–Trinajstić information content (AvgIpc) is 2.45. The maximum absolute atomic E-state index is 10.2. The molecule has 2 bridgehead atoms. The van der Waals surface area contributed by atoms with Crippen LogP contribution in [0.4, 0.5) is 0 Å². The predicted molar refractivity (Wildman–Crippen MR) is 34.7 cm³/mol. The number of hydrogen-bond donors (Lipinski definition) is 0. The molecule has 2 atom stereocenters. The highest BCUT2D eigenvalue weighted by Gasteiger charge is 2.35. The van der Waals surface area contributed by atoms with Crippen LogP contribution in [0.25, 0.3) is 0 Å². The highest BCUT2D eigenvalue weighted by molar-refractivity contribution is 5.55. The van der Waals surface area contributed by atoms with Crippen molar-refractivity contribution in [2.45, 2.75) is 25.7 Å². The minimum absolute atomic E-state index is 0.646. The molecule has 1 heteroatoms. The van der Waals surface area contributed by atoms with Gasteiger partial charge in [-0.3, -0.25) is 0 Å². The van der Waals surface area contributed by atoms with Crippen LogP contribution in [0.1, 0.15) is 25.7 Å². The normalized spacial score (nSPS) is 39.3. The summed E-state index contributed by atoms with van der Waals surface area (Å²) < 4.78 is 0. The molecule has 48 valence electrons. The van der Waals surface area contributed by atoms with E-state index in [0.717, 1.165) is 17.9 Å². The van der Waals surface area contributed by atoms with Gasteiger partial charge < -0.3 is 0 Å². The molecule has 0 spiro atoms. The number of hydrogen-bond acceptors (Lipinski definition) is 1. The minimum atomic E-state index is 0.646. The molecular formula is C8H10O. The third kappa shape index (κ3) is 0.650. The fourth-order valence-electron chi connectivity index (χ4n) is 2.18. The van der Waals surface area contributed by atoms with Gasteiger partial charge in [0, 0.05) is 5.57 Å². The Morgan fingerprint density at radius 1 is 1.44 bits per heavy atom. The molecule has 2 aliphatic carbocycles. The highest BCUT2D eigenvalue weighted by Crippen LogP contribution is 2.46. The van der Waals surface area contributed by atoms with E-state index in [4.69, 9.17) is 0 Å². The highest BCUT2D eigenvalue weighted by atomic mass is 16.1. The second kappa shape index (κ2) is 1.71. The predicted octanol–water partition coefficient (Wildman–Crippen LogP) is 1.56. The molecule has 0 aliphatic heterocycles. The van der Waals surface area contributed by atoms with Gasteiger partial charge in [0.05, 0.1) is 0 Å². The molecule has 0 aromatic rings. The maximum atomic E-state index is 10.2. The number of rotatable bonds is 0. The Bertz CT molecular complexity index is 177. The van der Waals surface area contributed by atoms with Gasteiger partial charge in [0.2, 0.25) is 0 Å². The molecule has 0 N–H and O–H groups in total. The van der Waals surface area contributed by atoms with Crippen LogP contribution in [-0.4, -0.2) is 5.94 Å². The second-order valence-corrected chi connectivity index (χ2v) is 3.21. The lowest BCUT2D eigenvalue weighted by molar-refractivity contribution is 0.542. The zero-order chi connectivity index (χ0) is 6.27. The van der Waals surface area contributed by atoms with Gasteiger partial charge in [-0.1, -0.05) is 0 Å². The Hall–Kier alpha value is -0.550. The van der Waals surface area contributed by atoms with Crippen LogP contribution >= 0.6 is 0 Å². The lowest BCUT2D eigenvalue weighted by atomic mass is 9.96. The van der Waals surface area contributed by atoms with E-state index in [0.29, 0.717) is 5.92 Å². The zero-order valence-electron chi connectivity index (χ0n) is 5.39. The van der Waals surface area contributed by atoms with Gasteiger partial charge in [-0.25, -0.2) is 4.79 Å². The van der Waals surface area contributed by atoms with Crippen molar-refractivity contribution in [3.63, 3.8) is 0 Å². The molecule has 2 aliphatic rings. The van der Waals surface area contributed by atoms with Crippen molar-refractivity contribution < 1.29 is 4.79 Å². The topological polar surface area (TPSA) is 17.1 Å². The average molecular weight is 122 g/mol. The summed E-state index contributed by atoms with van der Waals surface area (Å²) in [6, 6.07) is 0. The summed E-state index contributed by atoms with van der Waals surface area (Å²) >= 11 is 0. The fourth-order valence-corrected chi connectivity index (χ4v) is 2.18. The summed E-state index contributed by atoms with van der Waals surface area (Å²) in [5.41, 5.74) is 1.08. The van der Waals surface area contributed by atoms with Crippen molar-refractivity contribution in [3.8, 4) is 0 Å². The Balaban J connectivity index is 2.28. The van der Waals surface area contributed by atoms with Gasteiger partial charge in [-0.2, -0.15) is 0 Å². The van der Waals surface area contributed by atoms with Crippen LogP contribution in [0.2, 0.25) is 0 Å². The zero-order valence-corrected chi connectivity index (χ0v) is 5.39. The fraction of sp³-hybridized carbons (Fsp3) is 0.750. The standard InChI is InChI=1S/C8H10O/c9-5-8-4-6-1-2-7(8)3-6/h6-7H,1-4H2/t6-,7+/m1/s1. The molecular weight excluding hydrogens is 112 g/mol. The van der Waals surface area contributed by atoms with Crippen molar-refractivity contribution in [3.05, 3.63) is 5.57 Å². The van der Waals surface area contributed by atoms with Gasteiger partial charge in [-0.15, -0.1) is 0 Å². The van der Waals surface area contributed by atoms with E-state index in [1.54, 1.807) is 0 Å². The summed E-state index contributed by atoms with van der Waals surface area (Å²) in [7, 11) is 0. The van der Waals surface area contributed by atoms with Crippen molar-refractivity contribution in [2.75, 3.05) is 0 Å². The molecule has 0 saturated heterocycles. The molecule has 2 saturated carbocycles. The van der Waals surface area contributed by atoms with E-state index in [1.165, 1.54) is 19.3 Å². The summed E-state index contributed by atoms with van der Waals surface area (Å²) in [5, 5.41) is 0. The molecule has 2 fully saturated rings. The van der Waals surface area contributed by atoms with Crippen LogP contribution in [0, 0.1) is 11.8 Å². The quantitative estimate of drug-likeness (QED) is 0.446. The summed E-state index contributed by atoms with van der Waals surface area (Å²) in [4.78, 5) is 10.2. The first kappa shape index (κ1) is 5.25. The molecule has 1 nitrogen and oxygen atoms in total. The molecule has 0 radical (unpaired) electrons. The summed E-state index contributed by atoms with van der Waals surface area (Å²) in [6.07, 6.45) is 4.96. The van der Waals surface area contributed by atoms with Gasteiger partial charge >= 0.3 is 0 Å². The molecule has 0 aromatic heterocycles. The third-order valence-electron chi connectivity index (χ3n) is 2.67. The van der Waals surface area contributed by atoms with E-state index in [1.807, 2.05) is 0 Å². The van der Waals surface area contributed by atoms with Gasteiger partial charge in [0.15, 0.2) is 0 Å². The number of fused-ring (bicyclic) bond motifs is 2. The maximum Gasteiger partial charge on any atom is 0.123 e. The first-order chi connectivity index (χ1) is 4.40. The van der Waals surface area contributed by atoms with Crippen LogP contribution in [0.5, 0.6) is 0 Å². The van der Waals surface area contributed by atoms with E-state index >= 15 is 0 Å². The van der Waals surface area contributed by atoms with Crippen LogP contribution in [-0.2, 0) is 4.79 Å². The largest absolute Gasteiger partial charge is 0.234 e. The van der Waals surface area contributed by atoms with E-state index in [2.05, 4.69) is 5.94 Å². The van der Waals surface area contributed by atoms with Crippen molar-refractivity contribution in [1.82, 2.24) is 0 Å². The van der Waals surface area contributed by atoms with E-state index in [9.17, 15) is 4.79 Å². The van der Waals surface area contributed by atoms with Crippen LogP contribution < -0.4 is 0 Å². The van der Waals surface area contributed by atoms with Crippen molar-refractivity contribution in [1.29, 1.82) is 0 Å². The van der Waals surface area contributed by atoms with Crippen molar-refractivity contribution in [2.24, 2.45) is 11.8 Å². The lowest BCUT2D eigenvalue weighted by Crippen LogP contribution is -1.97. The van der Waals surface area contributed by atoms with Gasteiger partial charge in [0.25, 0.3) is 0 Å². The third-order valence-corrected chi connectivity index (χ3v) is 2.67. The van der Waals surface area contributed by atoms with Crippen LogP contribution in [0.3, 0.4) is 0 Å². The smallest absolute Gasteiger partial charge is 0.123 e. The van der Waals surface area contributed by atoms with Crippen molar-refractivity contribution >= 4 is 5.94 Å². The van der Waals surface area contributed by atoms with E-state index < -0.39 is 0 Å². The Morgan fingerprint density at radius 2 is 2.33 bits per heavy atom. The Labute approximate surface area is 54.8 Å². The number of carbonyl (C=O) groups excluding carboxylic acids is 1. The first-order valence-electron chi connectivity index (χ1n) is 3.64. The monoisotopic (exact) mass is 122 g/mol. The molecule has 0 aromatic carbocycles. The summed E-state index contributed by atoms with van der Waals surface area (Å²) in [6.45, 7) is 0. The molecule has 0 unspecified atom stereocenters. The Morgan fingerprint density at radius 3 is 2.67 bits per heavy atom. The minimum Gasteiger partial charge on any atom is -0.234 e. The van der Waals surface area contributed by atoms with Gasteiger partial charge in [-0.05, 0) is 37.5 Å².